The molecular formula is C26H25N3O. The maximum Gasteiger partial charge on any atom is 0.266 e. The Bertz CT molecular complexity index is 1060. The van der Waals surface area contributed by atoms with Crippen molar-refractivity contribution in [2.75, 3.05) is 16.8 Å². The van der Waals surface area contributed by atoms with Crippen LogP contribution in [0.15, 0.2) is 84.4 Å². The number of nitriles is 1. The Balaban J connectivity index is 1.72. The second-order valence-corrected chi connectivity index (χ2v) is 7.08. The number of hydrogen-bond acceptors (Lipinski definition) is 3. The Labute approximate surface area is 178 Å². The minimum atomic E-state index is -0.411. The summed E-state index contributed by atoms with van der Waals surface area (Å²) in [6, 6.07) is 27.7. The van der Waals surface area contributed by atoms with Gasteiger partial charge in [0.25, 0.3) is 5.91 Å². The zero-order valence-corrected chi connectivity index (χ0v) is 17.3. The molecule has 0 atom stereocenters. The zero-order valence-electron chi connectivity index (χ0n) is 17.3. The SMILES string of the molecule is CCN(Cc1ccccc1)c1ccc(/C=C(\C#N)C(=O)Nc2cccc(C)c2)cc1. The van der Waals surface area contributed by atoms with E-state index in [0.717, 1.165) is 29.9 Å². The molecule has 1 N–H and O–H groups in total. The van der Waals surface area contributed by atoms with Crippen LogP contribution in [-0.2, 0) is 11.3 Å². The van der Waals surface area contributed by atoms with E-state index in [-0.39, 0.29) is 5.57 Å². The summed E-state index contributed by atoms with van der Waals surface area (Å²) in [5.74, 6) is -0.411. The van der Waals surface area contributed by atoms with Gasteiger partial charge in [0.2, 0.25) is 0 Å². The number of nitrogens with one attached hydrogen (secondary N) is 1. The van der Waals surface area contributed by atoms with Crippen molar-refractivity contribution in [2.24, 2.45) is 0 Å². The van der Waals surface area contributed by atoms with Crippen molar-refractivity contribution in [1.29, 1.82) is 5.26 Å². The van der Waals surface area contributed by atoms with Crippen molar-refractivity contribution in [1.82, 2.24) is 0 Å². The molecule has 0 aliphatic rings. The predicted octanol–water partition coefficient (Wildman–Crippen LogP) is 5.57. The topological polar surface area (TPSA) is 56.1 Å². The quantitative estimate of drug-likeness (QED) is 0.420. The molecule has 3 rings (SSSR count). The maximum absolute atomic E-state index is 12.5. The summed E-state index contributed by atoms with van der Waals surface area (Å²) in [7, 11) is 0. The van der Waals surface area contributed by atoms with Crippen LogP contribution in [0, 0.1) is 18.3 Å². The summed E-state index contributed by atoms with van der Waals surface area (Å²) >= 11 is 0. The number of carbonyl (C=O) groups excluding carboxylic acids is 1. The van der Waals surface area contributed by atoms with Gasteiger partial charge in [-0.3, -0.25) is 4.79 Å². The highest BCUT2D eigenvalue weighted by molar-refractivity contribution is 6.09. The van der Waals surface area contributed by atoms with Crippen molar-refractivity contribution < 1.29 is 4.79 Å². The predicted molar refractivity (Wildman–Crippen MR) is 123 cm³/mol. The first-order valence-corrected chi connectivity index (χ1v) is 9.98. The van der Waals surface area contributed by atoms with Crippen LogP contribution in [0.4, 0.5) is 11.4 Å². The summed E-state index contributed by atoms with van der Waals surface area (Å²) < 4.78 is 0. The van der Waals surface area contributed by atoms with Crippen LogP contribution in [0.5, 0.6) is 0 Å². The standard InChI is InChI=1S/C26H25N3O/c1-3-29(19-22-9-5-4-6-10-22)25-14-12-21(13-15-25)17-23(18-27)26(30)28-24-11-7-8-20(2)16-24/h4-17H,3,19H2,1-2H3,(H,28,30)/b23-17+. The van der Waals surface area contributed by atoms with E-state index in [0.29, 0.717) is 5.69 Å². The summed E-state index contributed by atoms with van der Waals surface area (Å²) in [6.45, 7) is 5.79. The Kier molecular flexibility index (Phi) is 7.02. The van der Waals surface area contributed by atoms with E-state index in [1.165, 1.54) is 5.56 Å². The number of benzene rings is 3. The highest BCUT2D eigenvalue weighted by Gasteiger charge is 2.10. The lowest BCUT2D eigenvalue weighted by atomic mass is 10.1. The molecule has 0 saturated heterocycles. The normalized spacial score (nSPS) is 10.9. The first-order chi connectivity index (χ1) is 14.6. The largest absolute Gasteiger partial charge is 0.367 e. The Morgan fingerprint density at radius 1 is 1.03 bits per heavy atom. The fourth-order valence-corrected chi connectivity index (χ4v) is 3.21. The molecule has 0 saturated carbocycles. The Morgan fingerprint density at radius 2 is 1.77 bits per heavy atom. The molecule has 0 spiro atoms. The third kappa shape index (κ3) is 5.59. The molecule has 30 heavy (non-hydrogen) atoms. The van der Waals surface area contributed by atoms with Crippen molar-refractivity contribution in [3.63, 3.8) is 0 Å². The van der Waals surface area contributed by atoms with Gasteiger partial charge in [0, 0.05) is 24.5 Å². The smallest absolute Gasteiger partial charge is 0.266 e. The number of nitrogens with zero attached hydrogens (tertiary/aromatic N) is 2. The monoisotopic (exact) mass is 395 g/mol. The summed E-state index contributed by atoms with van der Waals surface area (Å²) in [6.07, 6.45) is 1.61. The van der Waals surface area contributed by atoms with Crippen LogP contribution in [0.25, 0.3) is 6.08 Å². The fraction of sp³-hybridized carbons (Fsp3) is 0.154. The molecule has 150 valence electrons. The molecule has 4 nitrogen and oxygen atoms in total. The van der Waals surface area contributed by atoms with Gasteiger partial charge in [0.15, 0.2) is 0 Å². The Morgan fingerprint density at radius 3 is 2.40 bits per heavy atom. The van der Waals surface area contributed by atoms with Crippen molar-refractivity contribution in [3.05, 3.63) is 101 Å². The van der Waals surface area contributed by atoms with E-state index >= 15 is 0 Å². The first kappa shape index (κ1) is 20.9. The fourth-order valence-electron chi connectivity index (χ4n) is 3.21. The second kappa shape index (κ2) is 10.1. The average Bonchev–Trinajstić information content (AvgIpc) is 2.77. The summed E-state index contributed by atoms with van der Waals surface area (Å²) in [5, 5.41) is 12.2. The molecule has 0 aliphatic carbocycles. The first-order valence-electron chi connectivity index (χ1n) is 9.98. The third-order valence-corrected chi connectivity index (χ3v) is 4.81. The van der Waals surface area contributed by atoms with Gasteiger partial charge in [0.1, 0.15) is 11.6 Å². The van der Waals surface area contributed by atoms with E-state index in [9.17, 15) is 10.1 Å². The molecule has 0 bridgehead atoms. The number of carbonyl (C=O) groups is 1. The van der Waals surface area contributed by atoms with Gasteiger partial charge in [0.05, 0.1) is 0 Å². The second-order valence-electron chi connectivity index (χ2n) is 7.08. The minimum absolute atomic E-state index is 0.0703. The van der Waals surface area contributed by atoms with E-state index in [4.69, 9.17) is 0 Å². The number of hydrogen-bond donors (Lipinski definition) is 1. The highest BCUT2D eigenvalue weighted by Crippen LogP contribution is 2.20. The van der Waals surface area contributed by atoms with E-state index < -0.39 is 5.91 Å². The molecular weight excluding hydrogens is 370 g/mol. The van der Waals surface area contributed by atoms with Gasteiger partial charge in [-0.25, -0.2) is 0 Å². The molecule has 0 fully saturated rings. The molecule has 3 aromatic carbocycles. The Hall–Kier alpha value is -3.84. The van der Waals surface area contributed by atoms with Gasteiger partial charge in [-0.15, -0.1) is 0 Å². The number of amides is 1. The highest BCUT2D eigenvalue weighted by atomic mass is 16.1. The lowest BCUT2D eigenvalue weighted by molar-refractivity contribution is -0.112. The number of aryl methyl sites for hydroxylation is 1. The van der Waals surface area contributed by atoms with E-state index in [1.807, 2.05) is 73.7 Å². The maximum atomic E-state index is 12.5. The van der Waals surface area contributed by atoms with Crippen LogP contribution >= 0.6 is 0 Å². The molecule has 3 aromatic rings. The van der Waals surface area contributed by atoms with Crippen molar-refractivity contribution in [3.8, 4) is 6.07 Å². The van der Waals surface area contributed by atoms with Crippen LogP contribution in [0.1, 0.15) is 23.6 Å². The molecule has 0 radical (unpaired) electrons. The van der Waals surface area contributed by atoms with Crippen LogP contribution < -0.4 is 10.2 Å². The minimum Gasteiger partial charge on any atom is -0.367 e. The molecule has 0 heterocycles. The summed E-state index contributed by atoms with van der Waals surface area (Å²) in [5.41, 5.74) is 4.95. The van der Waals surface area contributed by atoms with Gasteiger partial charge in [-0.1, -0.05) is 54.6 Å². The lowest BCUT2D eigenvalue weighted by Gasteiger charge is -2.23. The lowest BCUT2D eigenvalue weighted by Crippen LogP contribution is -2.21. The van der Waals surface area contributed by atoms with Gasteiger partial charge >= 0.3 is 0 Å². The van der Waals surface area contributed by atoms with Crippen LogP contribution in [0.3, 0.4) is 0 Å². The zero-order chi connectivity index (χ0) is 21.3. The van der Waals surface area contributed by atoms with Crippen LogP contribution in [-0.4, -0.2) is 12.5 Å². The number of rotatable bonds is 7. The van der Waals surface area contributed by atoms with E-state index in [2.05, 4.69) is 29.3 Å². The van der Waals surface area contributed by atoms with E-state index in [1.54, 1.807) is 12.1 Å². The average molecular weight is 396 g/mol. The molecule has 0 aliphatic heterocycles. The number of anilines is 2. The summed E-state index contributed by atoms with van der Waals surface area (Å²) in [4.78, 5) is 14.8. The molecule has 0 unspecified atom stereocenters. The van der Waals surface area contributed by atoms with Gasteiger partial charge in [-0.05, 0) is 60.9 Å². The molecule has 4 heteroatoms. The van der Waals surface area contributed by atoms with Crippen molar-refractivity contribution >= 4 is 23.4 Å². The molecule has 1 amide bonds. The molecule has 0 aromatic heterocycles. The van der Waals surface area contributed by atoms with Gasteiger partial charge in [-0.2, -0.15) is 5.26 Å². The van der Waals surface area contributed by atoms with Crippen LogP contribution in [0.2, 0.25) is 0 Å². The van der Waals surface area contributed by atoms with Crippen molar-refractivity contribution in [2.45, 2.75) is 20.4 Å². The van der Waals surface area contributed by atoms with Gasteiger partial charge < -0.3 is 10.2 Å². The third-order valence-electron chi connectivity index (χ3n) is 4.81.